The number of benzene rings is 1. The van der Waals surface area contributed by atoms with E-state index in [1.165, 1.54) is 11.1 Å². The van der Waals surface area contributed by atoms with Crippen molar-refractivity contribution in [3.8, 4) is 11.5 Å². The van der Waals surface area contributed by atoms with Gasteiger partial charge in [-0.3, -0.25) is 0 Å². The van der Waals surface area contributed by atoms with E-state index in [2.05, 4.69) is 27.7 Å². The normalized spacial score (nSPS) is 10.6. The van der Waals surface area contributed by atoms with E-state index in [1.807, 2.05) is 0 Å². The van der Waals surface area contributed by atoms with Crippen molar-refractivity contribution in [3.05, 3.63) is 22.3 Å². The van der Waals surface area contributed by atoms with Crippen molar-refractivity contribution in [2.24, 2.45) is 0 Å². The Morgan fingerprint density at radius 1 is 0.765 bits per heavy atom. The molecule has 0 bridgehead atoms. The van der Waals surface area contributed by atoms with E-state index in [1.54, 1.807) is 7.11 Å². The average Bonchev–Trinajstić information content (AvgIpc) is 2.36. The number of rotatable bonds is 5. The molecule has 1 aromatic carbocycles. The summed E-state index contributed by atoms with van der Waals surface area (Å²) in [5.74, 6) is 1.48. The molecule has 1 rings (SSSR count). The molecule has 0 aliphatic heterocycles. The van der Waals surface area contributed by atoms with E-state index < -0.39 is 0 Å². The van der Waals surface area contributed by atoms with Crippen LogP contribution in [0.25, 0.3) is 0 Å². The summed E-state index contributed by atoms with van der Waals surface area (Å²) < 4.78 is 5.59. The van der Waals surface area contributed by atoms with Crippen LogP contribution in [-0.4, -0.2) is 12.2 Å². The molecule has 2 heteroatoms. The van der Waals surface area contributed by atoms with Crippen LogP contribution in [0.5, 0.6) is 11.5 Å². The first-order valence-electron chi connectivity index (χ1n) is 6.58. The number of hydrogen-bond acceptors (Lipinski definition) is 2. The molecule has 0 saturated carbocycles. The summed E-state index contributed by atoms with van der Waals surface area (Å²) in [7, 11) is 1.73. The predicted octanol–water partition coefficient (Wildman–Crippen LogP) is 3.65. The molecule has 0 heterocycles. The minimum atomic E-state index is 0.490. The Morgan fingerprint density at radius 3 is 1.35 bits per heavy atom. The van der Waals surface area contributed by atoms with Gasteiger partial charge in [0.2, 0.25) is 0 Å². The smallest absolute Gasteiger partial charge is 0.126 e. The van der Waals surface area contributed by atoms with E-state index >= 15 is 0 Å². The Kier molecular flexibility index (Phi) is 4.86. The number of phenols is 1. The van der Waals surface area contributed by atoms with Crippen molar-refractivity contribution in [2.45, 2.75) is 53.4 Å². The zero-order valence-corrected chi connectivity index (χ0v) is 11.7. The highest BCUT2D eigenvalue weighted by atomic mass is 16.5. The third-order valence-electron chi connectivity index (χ3n) is 3.47. The molecule has 17 heavy (non-hydrogen) atoms. The molecule has 0 radical (unpaired) electrons. The lowest BCUT2D eigenvalue weighted by Crippen LogP contribution is -2.05. The highest BCUT2D eigenvalue weighted by Crippen LogP contribution is 2.39. The van der Waals surface area contributed by atoms with Crippen molar-refractivity contribution in [2.75, 3.05) is 7.11 Å². The van der Waals surface area contributed by atoms with E-state index in [0.717, 1.165) is 42.6 Å². The fourth-order valence-electron chi connectivity index (χ4n) is 2.68. The quantitative estimate of drug-likeness (QED) is 0.845. The number of phenolic OH excluding ortho intramolecular Hbond substituents is 1. The summed E-state index contributed by atoms with van der Waals surface area (Å²) >= 11 is 0. The summed E-state index contributed by atoms with van der Waals surface area (Å²) in [6.07, 6.45) is 3.50. The molecule has 0 fully saturated rings. The zero-order valence-electron chi connectivity index (χ0n) is 11.7. The summed E-state index contributed by atoms with van der Waals surface area (Å²) in [5.41, 5.74) is 4.44. The second-order valence-electron chi connectivity index (χ2n) is 4.21. The number of ether oxygens (including phenoxy) is 1. The molecule has 0 unspecified atom stereocenters. The maximum atomic E-state index is 10.4. The molecule has 96 valence electrons. The summed E-state index contributed by atoms with van der Waals surface area (Å²) in [6.45, 7) is 8.39. The molecule has 0 saturated heterocycles. The van der Waals surface area contributed by atoms with Gasteiger partial charge in [0.1, 0.15) is 11.5 Å². The average molecular weight is 236 g/mol. The van der Waals surface area contributed by atoms with E-state index in [0.29, 0.717) is 5.75 Å². The van der Waals surface area contributed by atoms with Gasteiger partial charge in [-0.2, -0.15) is 0 Å². The van der Waals surface area contributed by atoms with E-state index in [-0.39, 0.29) is 0 Å². The third-order valence-corrected chi connectivity index (χ3v) is 3.47. The van der Waals surface area contributed by atoms with Gasteiger partial charge in [-0.15, -0.1) is 0 Å². The van der Waals surface area contributed by atoms with Crippen LogP contribution in [0.2, 0.25) is 0 Å². The first-order chi connectivity index (χ1) is 8.15. The number of methoxy groups -OCH3 is 1. The van der Waals surface area contributed by atoms with Gasteiger partial charge in [-0.1, -0.05) is 27.7 Å². The monoisotopic (exact) mass is 236 g/mol. The van der Waals surface area contributed by atoms with E-state index in [4.69, 9.17) is 4.74 Å². The standard InChI is InChI=1S/C15H24O2/c1-6-10-12(8-3)15(17-5)13(9-4)11(7-2)14(10)16/h16H,6-9H2,1-5H3. The van der Waals surface area contributed by atoms with Crippen LogP contribution < -0.4 is 4.74 Å². The maximum Gasteiger partial charge on any atom is 0.126 e. The Balaban J connectivity index is 3.66. The molecular weight excluding hydrogens is 212 g/mol. The molecule has 0 amide bonds. The van der Waals surface area contributed by atoms with Crippen molar-refractivity contribution < 1.29 is 9.84 Å². The molecule has 0 aliphatic carbocycles. The highest BCUT2D eigenvalue weighted by molar-refractivity contribution is 5.59. The fourth-order valence-corrected chi connectivity index (χ4v) is 2.68. The Bertz CT molecular complexity index is 361. The van der Waals surface area contributed by atoms with Crippen LogP contribution in [0.15, 0.2) is 0 Å². The summed E-state index contributed by atoms with van der Waals surface area (Å²) in [6, 6.07) is 0. The van der Waals surface area contributed by atoms with Crippen LogP contribution in [0.3, 0.4) is 0 Å². The Hall–Kier alpha value is -1.18. The minimum absolute atomic E-state index is 0.490. The van der Waals surface area contributed by atoms with Crippen molar-refractivity contribution in [1.82, 2.24) is 0 Å². The van der Waals surface area contributed by atoms with Gasteiger partial charge in [-0.25, -0.2) is 0 Å². The molecule has 0 atom stereocenters. The second-order valence-corrected chi connectivity index (χ2v) is 4.21. The lowest BCUT2D eigenvalue weighted by atomic mass is 9.90. The third kappa shape index (κ3) is 2.26. The second kappa shape index (κ2) is 5.95. The fraction of sp³-hybridized carbons (Fsp3) is 0.600. The number of aromatic hydroxyl groups is 1. The first kappa shape index (κ1) is 13.9. The van der Waals surface area contributed by atoms with Gasteiger partial charge in [0.15, 0.2) is 0 Å². The van der Waals surface area contributed by atoms with Crippen molar-refractivity contribution in [1.29, 1.82) is 0 Å². The number of hydrogen-bond donors (Lipinski definition) is 1. The van der Waals surface area contributed by atoms with Crippen molar-refractivity contribution in [3.63, 3.8) is 0 Å². The van der Waals surface area contributed by atoms with Gasteiger partial charge < -0.3 is 9.84 Å². The predicted molar refractivity (Wildman–Crippen MR) is 72.2 cm³/mol. The Labute approximate surface area is 105 Å². The Morgan fingerprint density at radius 2 is 1.12 bits per heavy atom. The largest absolute Gasteiger partial charge is 0.507 e. The van der Waals surface area contributed by atoms with Crippen LogP contribution in [-0.2, 0) is 25.7 Å². The lowest BCUT2D eigenvalue weighted by molar-refractivity contribution is 0.398. The minimum Gasteiger partial charge on any atom is -0.507 e. The van der Waals surface area contributed by atoms with Gasteiger partial charge in [0, 0.05) is 22.3 Å². The highest BCUT2D eigenvalue weighted by Gasteiger charge is 2.20. The zero-order chi connectivity index (χ0) is 13.0. The maximum absolute atomic E-state index is 10.4. The topological polar surface area (TPSA) is 29.5 Å². The van der Waals surface area contributed by atoms with Gasteiger partial charge >= 0.3 is 0 Å². The summed E-state index contributed by atoms with van der Waals surface area (Å²) in [5, 5.41) is 10.4. The molecular formula is C15H24O2. The lowest BCUT2D eigenvalue weighted by Gasteiger charge is -2.21. The molecule has 0 spiro atoms. The molecule has 1 N–H and O–H groups in total. The molecule has 2 nitrogen and oxygen atoms in total. The summed E-state index contributed by atoms with van der Waals surface area (Å²) in [4.78, 5) is 0. The van der Waals surface area contributed by atoms with Gasteiger partial charge in [0.05, 0.1) is 7.11 Å². The van der Waals surface area contributed by atoms with E-state index in [9.17, 15) is 5.11 Å². The van der Waals surface area contributed by atoms with Gasteiger partial charge in [-0.05, 0) is 25.7 Å². The molecule has 0 aliphatic rings. The van der Waals surface area contributed by atoms with Crippen LogP contribution in [0, 0.1) is 0 Å². The van der Waals surface area contributed by atoms with Gasteiger partial charge in [0.25, 0.3) is 0 Å². The van der Waals surface area contributed by atoms with Crippen LogP contribution >= 0.6 is 0 Å². The molecule has 0 aromatic heterocycles. The molecule has 1 aromatic rings. The van der Waals surface area contributed by atoms with Crippen molar-refractivity contribution >= 4 is 0 Å². The first-order valence-corrected chi connectivity index (χ1v) is 6.58. The van der Waals surface area contributed by atoms with Crippen LogP contribution in [0.1, 0.15) is 49.9 Å². The SMILES string of the molecule is CCc1c(O)c(CC)c(CC)c(OC)c1CC. The van der Waals surface area contributed by atoms with Crippen LogP contribution in [0.4, 0.5) is 0 Å².